The molecule has 14 heavy (non-hydrogen) atoms. The largest absolute Gasteiger partial charge is 0.380 e. The SMILES string of the molecule is Cc1ccc(C(=O)OBr)cc1CN=O. The van der Waals surface area contributed by atoms with E-state index in [9.17, 15) is 9.70 Å². The molecular formula is C9H8BrNO3. The molecular weight excluding hydrogens is 250 g/mol. The number of hydrogen-bond donors (Lipinski definition) is 0. The number of nitrogens with zero attached hydrogens (tertiary/aromatic N) is 1. The Morgan fingerprint density at radius 3 is 2.86 bits per heavy atom. The molecule has 0 amide bonds. The number of benzene rings is 1. The molecule has 74 valence electrons. The maximum Gasteiger partial charge on any atom is 0.349 e. The van der Waals surface area contributed by atoms with E-state index in [4.69, 9.17) is 0 Å². The van der Waals surface area contributed by atoms with E-state index in [1.54, 1.807) is 18.2 Å². The zero-order valence-corrected chi connectivity index (χ0v) is 9.08. The highest BCUT2D eigenvalue weighted by atomic mass is 79.9. The van der Waals surface area contributed by atoms with E-state index >= 15 is 0 Å². The van der Waals surface area contributed by atoms with E-state index in [0.717, 1.165) is 11.1 Å². The van der Waals surface area contributed by atoms with Crippen LogP contribution < -0.4 is 0 Å². The second kappa shape index (κ2) is 4.85. The van der Waals surface area contributed by atoms with Gasteiger partial charge in [-0.2, -0.15) is 4.91 Å². The van der Waals surface area contributed by atoms with Crippen molar-refractivity contribution in [1.82, 2.24) is 0 Å². The fourth-order valence-electron chi connectivity index (χ4n) is 1.08. The summed E-state index contributed by atoms with van der Waals surface area (Å²) < 4.78 is 4.37. The Kier molecular flexibility index (Phi) is 3.76. The van der Waals surface area contributed by atoms with Crippen molar-refractivity contribution < 1.29 is 8.62 Å². The van der Waals surface area contributed by atoms with Gasteiger partial charge in [0.05, 0.1) is 5.56 Å². The van der Waals surface area contributed by atoms with E-state index in [0.29, 0.717) is 5.56 Å². The Balaban J connectivity index is 3.05. The Bertz CT molecular complexity index is 365. The van der Waals surface area contributed by atoms with Crippen LogP contribution in [0.25, 0.3) is 0 Å². The summed E-state index contributed by atoms with van der Waals surface area (Å²) in [4.78, 5) is 21.2. The smallest absolute Gasteiger partial charge is 0.349 e. The number of halogens is 1. The molecule has 0 bridgehead atoms. The average molecular weight is 258 g/mol. The van der Waals surface area contributed by atoms with Crippen LogP contribution in [-0.4, -0.2) is 5.97 Å². The third-order valence-electron chi connectivity index (χ3n) is 1.89. The zero-order chi connectivity index (χ0) is 10.6. The second-order valence-corrected chi connectivity index (χ2v) is 3.12. The first kappa shape index (κ1) is 10.8. The van der Waals surface area contributed by atoms with Gasteiger partial charge in [-0.1, -0.05) is 11.2 Å². The van der Waals surface area contributed by atoms with Crippen molar-refractivity contribution in [3.8, 4) is 0 Å². The van der Waals surface area contributed by atoms with E-state index in [1.807, 2.05) is 6.92 Å². The van der Waals surface area contributed by atoms with Crippen LogP contribution in [0, 0.1) is 11.8 Å². The van der Waals surface area contributed by atoms with Gasteiger partial charge in [0.2, 0.25) is 0 Å². The Morgan fingerprint density at radius 2 is 2.29 bits per heavy atom. The van der Waals surface area contributed by atoms with Crippen LogP contribution in [-0.2, 0) is 10.4 Å². The lowest BCUT2D eigenvalue weighted by Crippen LogP contribution is -1.99. The third-order valence-corrected chi connectivity index (χ3v) is 2.18. The van der Waals surface area contributed by atoms with Gasteiger partial charge >= 0.3 is 5.97 Å². The lowest BCUT2D eigenvalue weighted by atomic mass is 10.1. The average Bonchev–Trinajstić information content (AvgIpc) is 2.20. The van der Waals surface area contributed by atoms with E-state index in [2.05, 4.69) is 25.3 Å². The number of rotatable bonds is 3. The van der Waals surface area contributed by atoms with E-state index in [1.165, 1.54) is 0 Å². The fourth-order valence-corrected chi connectivity index (χ4v) is 1.27. The molecule has 0 saturated heterocycles. The predicted molar refractivity (Wildman–Crippen MR) is 55.0 cm³/mol. The minimum absolute atomic E-state index is 0.0647. The molecule has 1 rings (SSSR count). The molecule has 0 aromatic heterocycles. The van der Waals surface area contributed by atoms with Gasteiger partial charge in [0.1, 0.15) is 6.54 Å². The molecule has 5 heteroatoms. The van der Waals surface area contributed by atoms with Gasteiger partial charge in [0.15, 0.2) is 16.3 Å². The summed E-state index contributed by atoms with van der Waals surface area (Å²) in [7, 11) is 0. The lowest BCUT2D eigenvalue weighted by Gasteiger charge is -2.03. The lowest BCUT2D eigenvalue weighted by molar-refractivity contribution is 0.0782. The normalized spacial score (nSPS) is 9.57. The van der Waals surface area contributed by atoms with Crippen molar-refractivity contribution in [2.45, 2.75) is 13.5 Å². The summed E-state index contributed by atoms with van der Waals surface area (Å²) >= 11 is 2.60. The van der Waals surface area contributed by atoms with E-state index in [-0.39, 0.29) is 6.54 Å². The first-order valence-electron chi connectivity index (χ1n) is 3.90. The molecule has 0 fully saturated rings. The molecule has 0 unspecified atom stereocenters. The summed E-state index contributed by atoms with van der Waals surface area (Å²) in [6, 6.07) is 4.98. The molecule has 0 radical (unpaired) electrons. The molecule has 0 N–H and O–H groups in total. The number of hydrogen-bond acceptors (Lipinski definition) is 4. The molecule has 1 aromatic carbocycles. The van der Waals surface area contributed by atoms with Crippen molar-refractivity contribution >= 4 is 22.2 Å². The van der Waals surface area contributed by atoms with Gasteiger partial charge in [0.25, 0.3) is 0 Å². The quantitative estimate of drug-likeness (QED) is 0.783. The van der Waals surface area contributed by atoms with Gasteiger partial charge in [-0.25, -0.2) is 4.79 Å². The molecule has 4 nitrogen and oxygen atoms in total. The van der Waals surface area contributed by atoms with Gasteiger partial charge in [0, 0.05) is 0 Å². The van der Waals surface area contributed by atoms with E-state index < -0.39 is 5.97 Å². The molecule has 0 atom stereocenters. The number of carbonyl (C=O) groups excluding carboxylic acids is 1. The van der Waals surface area contributed by atoms with Crippen molar-refractivity contribution in [2.24, 2.45) is 5.18 Å². The Morgan fingerprint density at radius 1 is 1.57 bits per heavy atom. The van der Waals surface area contributed by atoms with Crippen LogP contribution in [0.15, 0.2) is 23.4 Å². The van der Waals surface area contributed by atoms with Gasteiger partial charge in [-0.3, -0.25) is 0 Å². The fraction of sp³-hybridized carbons (Fsp3) is 0.222. The molecule has 0 aliphatic carbocycles. The minimum Gasteiger partial charge on any atom is -0.380 e. The first-order valence-corrected chi connectivity index (χ1v) is 4.55. The second-order valence-electron chi connectivity index (χ2n) is 2.79. The van der Waals surface area contributed by atoms with Gasteiger partial charge < -0.3 is 3.83 Å². The molecule has 0 aliphatic rings. The molecule has 1 aromatic rings. The van der Waals surface area contributed by atoms with Crippen LogP contribution >= 0.6 is 16.3 Å². The van der Waals surface area contributed by atoms with Crippen LogP contribution in [0.3, 0.4) is 0 Å². The van der Waals surface area contributed by atoms with Gasteiger partial charge in [-0.05, 0) is 30.2 Å². The Hall–Kier alpha value is -1.23. The summed E-state index contributed by atoms with van der Waals surface area (Å²) in [5.41, 5.74) is 2.05. The van der Waals surface area contributed by atoms with Crippen molar-refractivity contribution in [3.05, 3.63) is 39.8 Å². The predicted octanol–water partition coefficient (Wildman–Crippen LogP) is 2.73. The highest BCUT2D eigenvalue weighted by Gasteiger charge is 2.08. The third kappa shape index (κ3) is 2.38. The maximum absolute atomic E-state index is 11.1. The van der Waals surface area contributed by atoms with Crippen LogP contribution in [0.4, 0.5) is 0 Å². The topological polar surface area (TPSA) is 55.7 Å². The summed E-state index contributed by atoms with van der Waals surface area (Å²) in [5, 5.41) is 2.78. The van der Waals surface area contributed by atoms with Crippen LogP contribution in [0.2, 0.25) is 0 Å². The highest BCUT2D eigenvalue weighted by molar-refractivity contribution is 9.06. The highest BCUT2D eigenvalue weighted by Crippen LogP contribution is 2.13. The Labute approximate surface area is 89.7 Å². The van der Waals surface area contributed by atoms with Crippen molar-refractivity contribution in [1.29, 1.82) is 0 Å². The summed E-state index contributed by atoms with van der Waals surface area (Å²) in [5.74, 6) is -0.489. The molecule has 0 aliphatic heterocycles. The summed E-state index contributed by atoms with van der Waals surface area (Å²) in [6.07, 6.45) is 0. The molecule has 0 heterocycles. The minimum atomic E-state index is -0.489. The van der Waals surface area contributed by atoms with Crippen molar-refractivity contribution in [3.63, 3.8) is 0 Å². The molecule has 0 spiro atoms. The number of carbonyl (C=O) groups is 1. The number of nitroso groups, excluding NO2 is 1. The summed E-state index contributed by atoms with van der Waals surface area (Å²) in [6.45, 7) is 1.92. The first-order chi connectivity index (χ1) is 6.69. The number of aryl methyl sites for hydroxylation is 1. The monoisotopic (exact) mass is 257 g/mol. The maximum atomic E-state index is 11.1. The van der Waals surface area contributed by atoms with Crippen LogP contribution in [0.1, 0.15) is 21.5 Å². The zero-order valence-electron chi connectivity index (χ0n) is 7.49. The van der Waals surface area contributed by atoms with Gasteiger partial charge in [-0.15, -0.1) is 0 Å². The van der Waals surface area contributed by atoms with Crippen molar-refractivity contribution in [2.75, 3.05) is 0 Å². The van der Waals surface area contributed by atoms with Crippen LogP contribution in [0.5, 0.6) is 0 Å². The standard InChI is InChI=1S/C9H8BrNO3/c1-6-2-3-7(9(12)14-10)4-8(6)5-11-13/h2-4H,5H2,1H3. The molecule has 0 saturated carbocycles.